The van der Waals surface area contributed by atoms with Crippen LogP contribution in [0.4, 0.5) is 0 Å². The van der Waals surface area contributed by atoms with Gasteiger partial charge in [0.1, 0.15) is 13.2 Å². The second-order valence-corrected chi connectivity index (χ2v) is 18.4. The smallest absolute Gasteiger partial charge is 0.314 e. The minimum absolute atomic E-state index is 0.0874. The Morgan fingerprint density at radius 3 is 1.17 bits per heavy atom. The fraction of sp³-hybridized carbons (Fsp3) is 0.500. The van der Waals surface area contributed by atoms with Gasteiger partial charge in [0, 0.05) is 18.1 Å². The highest BCUT2D eigenvalue weighted by molar-refractivity contribution is 6.18. The number of hydrogen-bond donors (Lipinski definition) is 6. The number of aliphatic hydroxyl groups excluding tert-OH is 2. The Balaban J connectivity index is 0.000000172. The van der Waals surface area contributed by atoms with Crippen molar-refractivity contribution in [3.63, 3.8) is 0 Å². The van der Waals surface area contributed by atoms with Crippen LogP contribution in [0.1, 0.15) is 123 Å². The molecule has 8 unspecified atom stereocenters. The Hall–Kier alpha value is -5.02. The SMILES string of the molecule is COC(=O)C(c1ccccc1)C1CCCCN1.O=C(CO)C(c1ccccc1)C1CCCCN1.O=C(CO)C(c1ccccc1)C1CCCCN1.[B]C1(C(C(=O)OC)c2ccccc2)CCCCN1. The number of carbonyl (C=O) groups excluding carboxylic acids is 4. The molecule has 2 radical (unpaired) electrons. The Morgan fingerprint density at radius 1 is 0.507 bits per heavy atom. The maximum Gasteiger partial charge on any atom is 0.314 e. The van der Waals surface area contributed by atoms with Crippen LogP contribution in [0.3, 0.4) is 0 Å². The van der Waals surface area contributed by atoms with E-state index in [4.69, 9.17) is 27.5 Å². The molecule has 6 N–H and O–H groups in total. The molecule has 8 atom stereocenters. The summed E-state index contributed by atoms with van der Waals surface area (Å²) in [7, 11) is 9.27. The van der Waals surface area contributed by atoms with Gasteiger partial charge in [0.2, 0.25) is 0 Å². The molecule has 8 rings (SSSR count). The van der Waals surface area contributed by atoms with Crippen molar-refractivity contribution < 1.29 is 38.9 Å². The number of esters is 2. The number of methoxy groups -OCH3 is 2. The predicted molar refractivity (Wildman–Crippen MR) is 272 cm³/mol. The molecule has 69 heavy (non-hydrogen) atoms. The molecule has 4 fully saturated rings. The number of hydrogen-bond acceptors (Lipinski definition) is 12. The molecule has 0 saturated carbocycles. The van der Waals surface area contributed by atoms with Gasteiger partial charge >= 0.3 is 11.9 Å². The Labute approximate surface area is 411 Å². The first-order valence-electron chi connectivity index (χ1n) is 25.0. The third-order valence-electron chi connectivity index (χ3n) is 13.7. The van der Waals surface area contributed by atoms with Gasteiger partial charge in [-0.3, -0.25) is 19.2 Å². The van der Waals surface area contributed by atoms with Crippen LogP contribution in [0.5, 0.6) is 0 Å². The first kappa shape index (κ1) is 54.9. The number of Topliss-reactive ketones (excluding diaryl/α,β-unsaturated/α-hetero) is 2. The molecule has 0 aliphatic carbocycles. The van der Waals surface area contributed by atoms with Gasteiger partial charge in [0.05, 0.1) is 45.7 Å². The standard InChI is InChI=1S/C14H18BNO2.3C14H19NO2/c1-18-13(17)12(11-7-3-2-4-8-11)14(15)9-5-6-10-16-14;1-17-14(16)13(11-7-3-2-4-8-11)12-9-5-6-10-15-12;2*16-10-13(17)14(11-6-2-1-3-7-11)12-8-4-5-9-15-12/h2-4,7-8,12,16H,5-6,9-10H2,1H3;2-4,7-8,12-13,15H,5-6,9-10H2,1H3;2*1-3,6-7,12,14-16H,4-5,8-10H2. The number of ether oxygens (including phenoxy) is 2. The minimum atomic E-state index is -0.702. The number of carbonyl (C=O) groups is 4. The molecule has 370 valence electrons. The monoisotopic (exact) mass is 943 g/mol. The van der Waals surface area contributed by atoms with Crippen LogP contribution < -0.4 is 21.3 Å². The number of nitrogens with one attached hydrogen (secondary N) is 4. The first-order chi connectivity index (χ1) is 33.6. The van der Waals surface area contributed by atoms with Crippen molar-refractivity contribution >= 4 is 31.4 Å². The van der Waals surface area contributed by atoms with Crippen molar-refractivity contribution in [3.8, 4) is 0 Å². The van der Waals surface area contributed by atoms with Gasteiger partial charge in [0.15, 0.2) is 11.6 Å². The van der Waals surface area contributed by atoms with Gasteiger partial charge in [-0.1, -0.05) is 147 Å². The summed E-state index contributed by atoms with van der Waals surface area (Å²) in [5.74, 6) is -1.65. The molecule has 4 saturated heterocycles. The van der Waals surface area contributed by atoms with Gasteiger partial charge in [-0.05, 0) is 105 Å². The summed E-state index contributed by atoms with van der Waals surface area (Å²) in [5, 5.41) is 31.8. The van der Waals surface area contributed by atoms with Crippen LogP contribution in [0.2, 0.25) is 0 Å². The Morgan fingerprint density at radius 2 is 0.855 bits per heavy atom. The zero-order valence-electron chi connectivity index (χ0n) is 40.7. The van der Waals surface area contributed by atoms with Crippen molar-refractivity contribution in [3.05, 3.63) is 144 Å². The normalized spacial score (nSPS) is 22.9. The predicted octanol–water partition coefficient (Wildman–Crippen LogP) is 6.61. The van der Waals surface area contributed by atoms with E-state index in [1.165, 1.54) is 39.9 Å². The number of piperidine rings is 4. The molecule has 4 aromatic rings. The lowest BCUT2D eigenvalue weighted by molar-refractivity contribution is -0.144. The van der Waals surface area contributed by atoms with Crippen molar-refractivity contribution in [1.29, 1.82) is 0 Å². The lowest BCUT2D eigenvalue weighted by Gasteiger charge is -2.41. The quantitative estimate of drug-likeness (QED) is 0.0591. The van der Waals surface area contributed by atoms with E-state index in [-0.39, 0.29) is 72.6 Å². The molecule has 4 aromatic carbocycles. The van der Waals surface area contributed by atoms with Gasteiger partial charge in [-0.15, -0.1) is 0 Å². The van der Waals surface area contributed by atoms with Gasteiger partial charge in [0.25, 0.3) is 0 Å². The molecule has 13 heteroatoms. The number of benzene rings is 4. The average molecular weight is 943 g/mol. The van der Waals surface area contributed by atoms with E-state index in [1.807, 2.05) is 121 Å². The van der Waals surface area contributed by atoms with E-state index in [9.17, 15) is 19.2 Å². The van der Waals surface area contributed by atoms with Gasteiger partial charge in [-0.25, -0.2) is 0 Å². The lowest BCUT2D eigenvalue weighted by atomic mass is 9.62. The average Bonchev–Trinajstić information content (AvgIpc) is 3.41. The molecule has 0 spiro atoms. The first-order valence-corrected chi connectivity index (χ1v) is 25.0. The van der Waals surface area contributed by atoms with Crippen LogP contribution >= 0.6 is 0 Å². The summed E-state index contributed by atoms with van der Waals surface area (Å²) in [5.41, 5.74) is 3.25. The zero-order valence-corrected chi connectivity index (χ0v) is 40.7. The van der Waals surface area contributed by atoms with Crippen LogP contribution in [-0.2, 0) is 28.7 Å². The summed E-state index contributed by atoms with van der Waals surface area (Å²) < 4.78 is 9.87. The maximum atomic E-state index is 12.1. The van der Waals surface area contributed by atoms with Crippen molar-refractivity contribution in [2.45, 2.75) is 124 Å². The summed E-state index contributed by atoms with van der Waals surface area (Å²) in [4.78, 5) is 47.9. The molecule has 4 aliphatic heterocycles. The molecular formula is C56H75BN4O8. The van der Waals surface area contributed by atoms with E-state index >= 15 is 0 Å². The summed E-state index contributed by atoms with van der Waals surface area (Å²) >= 11 is 0. The Kier molecular flexibility index (Phi) is 23.8. The fourth-order valence-corrected chi connectivity index (χ4v) is 10.2. The highest BCUT2D eigenvalue weighted by atomic mass is 16.5. The third kappa shape index (κ3) is 16.5. The van der Waals surface area contributed by atoms with Crippen LogP contribution in [0.15, 0.2) is 121 Å². The van der Waals surface area contributed by atoms with Gasteiger partial charge < -0.3 is 41.0 Å². The summed E-state index contributed by atoms with van der Waals surface area (Å²) in [6.45, 7) is 3.01. The summed E-state index contributed by atoms with van der Waals surface area (Å²) in [6.07, 6.45) is 13.0. The van der Waals surface area contributed by atoms with E-state index in [0.29, 0.717) is 0 Å². The van der Waals surface area contributed by atoms with Crippen molar-refractivity contribution in [2.24, 2.45) is 0 Å². The van der Waals surface area contributed by atoms with Crippen LogP contribution in [0, 0.1) is 0 Å². The van der Waals surface area contributed by atoms with E-state index in [1.54, 1.807) is 0 Å². The Bertz CT molecular complexity index is 1900. The van der Waals surface area contributed by atoms with E-state index in [0.717, 1.165) is 99.8 Å². The number of aliphatic hydroxyl groups is 2. The maximum absolute atomic E-state index is 12.1. The fourth-order valence-electron chi connectivity index (χ4n) is 10.2. The summed E-state index contributed by atoms with van der Waals surface area (Å²) in [6, 6.07) is 39.6. The molecule has 0 bridgehead atoms. The molecule has 0 aromatic heterocycles. The van der Waals surface area contributed by atoms with E-state index in [2.05, 4.69) is 21.3 Å². The van der Waals surface area contributed by atoms with Crippen LogP contribution in [0.25, 0.3) is 0 Å². The van der Waals surface area contributed by atoms with Crippen LogP contribution in [-0.4, -0.2) is 119 Å². The second kappa shape index (κ2) is 29.9. The molecular weight excluding hydrogens is 867 g/mol. The zero-order chi connectivity index (χ0) is 49.3. The molecule has 0 amide bonds. The third-order valence-corrected chi connectivity index (χ3v) is 13.7. The minimum Gasteiger partial charge on any atom is -0.469 e. The van der Waals surface area contributed by atoms with Gasteiger partial charge in [-0.2, -0.15) is 0 Å². The molecule has 4 aliphatic rings. The number of ketones is 2. The van der Waals surface area contributed by atoms with E-state index < -0.39 is 11.4 Å². The lowest BCUT2D eigenvalue weighted by Crippen LogP contribution is -2.55. The topological polar surface area (TPSA) is 175 Å². The molecule has 4 heterocycles. The second-order valence-electron chi connectivity index (χ2n) is 18.4. The highest BCUT2D eigenvalue weighted by Crippen LogP contribution is 2.34. The highest BCUT2D eigenvalue weighted by Gasteiger charge is 2.41. The van der Waals surface area contributed by atoms with Crippen molar-refractivity contribution in [2.75, 3.05) is 53.6 Å². The van der Waals surface area contributed by atoms with Crippen molar-refractivity contribution in [1.82, 2.24) is 21.3 Å². The number of rotatable bonds is 14. The molecule has 12 nitrogen and oxygen atoms in total. The largest absolute Gasteiger partial charge is 0.469 e.